The first-order valence-corrected chi connectivity index (χ1v) is 26.5. The van der Waals surface area contributed by atoms with Gasteiger partial charge in [-0.05, 0) is 131 Å². The summed E-state index contributed by atoms with van der Waals surface area (Å²) in [7, 11) is 4.20. The third-order valence-electron chi connectivity index (χ3n) is 13.4. The van der Waals surface area contributed by atoms with Crippen LogP contribution in [0.1, 0.15) is 91.4 Å². The molecule has 0 aliphatic carbocycles. The number of hydrogen-bond donors (Lipinski definition) is 10. The molecule has 18 nitrogen and oxygen atoms in total. The molecule has 67 heavy (non-hydrogen) atoms. The molecule has 18 heteroatoms. The maximum absolute atomic E-state index is 9.12. The summed E-state index contributed by atoms with van der Waals surface area (Å²) in [5.74, 6) is 0.545. The molecule has 0 bridgehead atoms. The lowest BCUT2D eigenvalue weighted by Crippen LogP contribution is -2.47. The summed E-state index contributed by atoms with van der Waals surface area (Å²) in [6, 6.07) is 0.443. The van der Waals surface area contributed by atoms with E-state index >= 15 is 0 Å². The highest BCUT2D eigenvalue weighted by molar-refractivity contribution is 4.74. The van der Waals surface area contributed by atoms with Crippen LogP contribution < -0.4 is 5.32 Å². The molecule has 0 spiro atoms. The lowest BCUT2D eigenvalue weighted by molar-refractivity contribution is 0.0265. The molecular formula is C49H109N9O9. The highest BCUT2D eigenvalue weighted by Crippen LogP contribution is 2.14. The van der Waals surface area contributed by atoms with E-state index in [1.54, 1.807) is 6.92 Å². The molecule has 0 amide bonds. The van der Waals surface area contributed by atoms with E-state index < -0.39 is 6.10 Å². The average Bonchev–Trinajstić information content (AvgIpc) is 3.35. The summed E-state index contributed by atoms with van der Waals surface area (Å²) in [6.45, 7) is 29.7. The van der Waals surface area contributed by atoms with E-state index in [-0.39, 0.29) is 26.0 Å². The van der Waals surface area contributed by atoms with Crippen LogP contribution in [0.25, 0.3) is 0 Å². The van der Waals surface area contributed by atoms with E-state index in [0.717, 1.165) is 118 Å². The van der Waals surface area contributed by atoms with Gasteiger partial charge in [0.15, 0.2) is 0 Å². The van der Waals surface area contributed by atoms with Gasteiger partial charge in [0.1, 0.15) is 6.23 Å². The number of aliphatic hydroxyl groups is 9. The SMILES string of the molecule is CCN(CC)C(C)O.CN1CCCC(CO)C1.CN1CCCCC1CO.OCC(O)CN1CCCCC1.OCCN1CCCCC1.OCCN1CCN(CCO)CC1.OCCN1CCNCC1. The Labute approximate surface area is 409 Å². The zero-order chi connectivity index (χ0) is 49.9. The largest absolute Gasteiger partial charge is 0.396 e. The number of likely N-dealkylation sites (N-methyl/N-ethyl adjacent to an activating group) is 1. The second-order valence-electron chi connectivity index (χ2n) is 18.9. The quantitative estimate of drug-likeness (QED) is 0.0858. The number of piperidine rings is 4. The summed E-state index contributed by atoms with van der Waals surface area (Å²) in [5.41, 5.74) is 0. The number of likely N-dealkylation sites (tertiary alicyclic amines) is 4. The van der Waals surface area contributed by atoms with Crippen molar-refractivity contribution in [1.82, 2.24) is 44.5 Å². The highest BCUT2D eigenvalue weighted by Gasteiger charge is 2.18. The first-order chi connectivity index (χ1) is 32.4. The lowest BCUT2D eigenvalue weighted by Gasteiger charge is -2.33. The van der Waals surface area contributed by atoms with Crippen LogP contribution in [0.5, 0.6) is 0 Å². The Morgan fingerprint density at radius 2 is 0.955 bits per heavy atom. The summed E-state index contributed by atoms with van der Waals surface area (Å²) >= 11 is 0. The monoisotopic (exact) mass is 968 g/mol. The Kier molecular flexibility index (Phi) is 45.9. The molecule has 0 radical (unpaired) electrons. The fraction of sp³-hybridized carbons (Fsp3) is 1.00. The fourth-order valence-corrected chi connectivity index (χ4v) is 8.97. The van der Waals surface area contributed by atoms with Crippen LogP contribution in [0.4, 0.5) is 0 Å². The van der Waals surface area contributed by atoms with Gasteiger partial charge in [-0.15, -0.1) is 0 Å². The van der Waals surface area contributed by atoms with Gasteiger partial charge < -0.3 is 70.9 Å². The molecule has 0 aromatic carbocycles. The number of nitrogens with one attached hydrogen (secondary N) is 1. The molecule has 4 unspecified atom stereocenters. The van der Waals surface area contributed by atoms with E-state index in [1.165, 1.54) is 90.3 Å². The standard InChI is InChI=1S/C8H18N2O2.C8H17NO2.3C7H15NO.C6H14N2O.C6H15NO/c11-7-5-9-1-2-10(4-3-9)6-8-12;10-7-8(11)6-9-4-2-1-3-5-9;1-8-4-2-3-7(5-8)6-9;1-8-5-3-2-4-7(8)6-9;9-7-6-8-4-2-1-3-5-8;9-6-5-8-3-1-7-2-4-8;1-4-7(5-2)6(3)8/h11-12H,1-8H2;8,10-11H,1-7H2;2*7,9H,2-6H2,1H3;9H,1-7H2;7,9H,1-6H2;6,8H,4-5H2,1-3H3. The molecule has 4 atom stereocenters. The maximum atomic E-state index is 9.12. The second-order valence-corrected chi connectivity index (χ2v) is 18.9. The van der Waals surface area contributed by atoms with E-state index in [1.807, 2.05) is 18.7 Å². The van der Waals surface area contributed by atoms with Crippen LogP contribution in [0.3, 0.4) is 0 Å². The number of hydrogen-bond acceptors (Lipinski definition) is 18. The molecule has 6 aliphatic rings. The van der Waals surface area contributed by atoms with Crippen LogP contribution in [0.15, 0.2) is 0 Å². The van der Waals surface area contributed by atoms with Gasteiger partial charge in [-0.25, -0.2) is 0 Å². The van der Waals surface area contributed by atoms with Crippen molar-refractivity contribution in [2.45, 2.75) is 110 Å². The first-order valence-electron chi connectivity index (χ1n) is 26.5. The van der Waals surface area contributed by atoms with Gasteiger partial charge in [-0.1, -0.05) is 33.1 Å². The van der Waals surface area contributed by atoms with Crippen LogP contribution in [-0.2, 0) is 0 Å². The van der Waals surface area contributed by atoms with Gasteiger partial charge in [0, 0.05) is 104 Å². The zero-order valence-corrected chi connectivity index (χ0v) is 43.7. The third-order valence-corrected chi connectivity index (χ3v) is 13.4. The van der Waals surface area contributed by atoms with Crippen molar-refractivity contribution < 1.29 is 46.0 Å². The molecular weight excluding hydrogens is 859 g/mol. The normalized spacial score (nSPS) is 23.7. The lowest BCUT2D eigenvalue weighted by atomic mass is 10.00. The molecule has 6 aliphatic heterocycles. The van der Waals surface area contributed by atoms with E-state index in [0.29, 0.717) is 44.9 Å². The summed E-state index contributed by atoms with van der Waals surface area (Å²) in [5, 5.41) is 82.0. The number of piperazine rings is 2. The van der Waals surface area contributed by atoms with Crippen molar-refractivity contribution in [2.24, 2.45) is 5.92 Å². The van der Waals surface area contributed by atoms with Gasteiger partial charge in [0.25, 0.3) is 0 Å². The number of rotatable bonds is 16. The molecule has 6 saturated heterocycles. The van der Waals surface area contributed by atoms with E-state index in [9.17, 15) is 0 Å². The smallest absolute Gasteiger partial charge is 0.104 e. The number of aliphatic hydroxyl groups excluding tert-OH is 9. The van der Waals surface area contributed by atoms with Gasteiger partial charge in [0.2, 0.25) is 0 Å². The van der Waals surface area contributed by atoms with Gasteiger partial charge >= 0.3 is 0 Å². The van der Waals surface area contributed by atoms with Gasteiger partial charge in [-0.3, -0.25) is 19.6 Å². The predicted octanol–water partition coefficient (Wildman–Crippen LogP) is -0.787. The molecule has 10 N–H and O–H groups in total. The van der Waals surface area contributed by atoms with Crippen LogP contribution in [0.2, 0.25) is 0 Å². The minimum atomic E-state index is -0.548. The third kappa shape index (κ3) is 36.8. The molecule has 0 aromatic rings. The molecule has 404 valence electrons. The fourth-order valence-electron chi connectivity index (χ4n) is 8.97. The van der Waals surface area contributed by atoms with Gasteiger partial charge in [-0.2, -0.15) is 0 Å². The van der Waals surface area contributed by atoms with Crippen molar-refractivity contribution in [2.75, 3.05) is 204 Å². The average molecular weight is 968 g/mol. The topological polar surface area (TPSA) is 220 Å². The highest BCUT2D eigenvalue weighted by atomic mass is 16.3. The van der Waals surface area contributed by atoms with Crippen LogP contribution in [-0.4, -0.2) is 308 Å². The predicted molar refractivity (Wildman–Crippen MR) is 273 cm³/mol. The van der Waals surface area contributed by atoms with E-state index in [2.05, 4.69) is 53.7 Å². The van der Waals surface area contributed by atoms with Crippen molar-refractivity contribution in [3.8, 4) is 0 Å². The minimum Gasteiger partial charge on any atom is -0.396 e. The summed E-state index contributed by atoms with van der Waals surface area (Å²) in [4.78, 5) is 17.8. The number of β-amino-alcohol motifs (C(OH)–C–C–N with tert-alkyl or cyclic N) is 5. The van der Waals surface area contributed by atoms with Crippen molar-refractivity contribution in [3.63, 3.8) is 0 Å². The Balaban J connectivity index is 0.000000762. The molecule has 6 heterocycles. The summed E-state index contributed by atoms with van der Waals surface area (Å²) in [6.07, 6.45) is 13.2. The zero-order valence-electron chi connectivity index (χ0n) is 43.7. The second kappa shape index (κ2) is 46.4. The maximum Gasteiger partial charge on any atom is 0.104 e. The summed E-state index contributed by atoms with van der Waals surface area (Å²) < 4.78 is 0. The van der Waals surface area contributed by atoms with Gasteiger partial charge in [0.05, 0.1) is 45.7 Å². The Hall–Kier alpha value is -0.720. The van der Waals surface area contributed by atoms with Crippen molar-refractivity contribution in [3.05, 3.63) is 0 Å². The molecule has 0 aromatic heterocycles. The van der Waals surface area contributed by atoms with Crippen molar-refractivity contribution in [1.29, 1.82) is 0 Å². The molecule has 6 rings (SSSR count). The van der Waals surface area contributed by atoms with Crippen LogP contribution in [0, 0.1) is 5.92 Å². The van der Waals surface area contributed by atoms with Crippen molar-refractivity contribution >= 4 is 0 Å². The Morgan fingerprint density at radius 3 is 1.30 bits per heavy atom. The number of nitrogens with zero attached hydrogens (tertiary/aromatic N) is 8. The van der Waals surface area contributed by atoms with Crippen LogP contribution >= 0.6 is 0 Å². The Morgan fingerprint density at radius 1 is 0.507 bits per heavy atom. The Bertz CT molecular complexity index is 964. The molecule has 6 fully saturated rings. The van der Waals surface area contributed by atoms with E-state index in [4.69, 9.17) is 46.0 Å². The minimum absolute atomic E-state index is 0.115. The molecule has 0 saturated carbocycles. The first kappa shape index (κ1) is 66.3.